The molecule has 1 aromatic carbocycles. The number of aliphatic carboxylic acids is 1. The number of methoxy groups -OCH3 is 2. The lowest BCUT2D eigenvalue weighted by Crippen LogP contribution is -2.56. The van der Waals surface area contributed by atoms with Gasteiger partial charge in [0.1, 0.15) is 29.1 Å². The van der Waals surface area contributed by atoms with Gasteiger partial charge >= 0.3 is 17.9 Å². The minimum Gasteiger partial charge on any atom is -0.497 e. The van der Waals surface area contributed by atoms with E-state index in [-0.39, 0.29) is 0 Å². The molecule has 30 heavy (non-hydrogen) atoms. The molecule has 2 bridgehead atoms. The minimum absolute atomic E-state index is 0.381. The molecule has 1 aromatic rings. The first kappa shape index (κ1) is 21.9. The number of carbonyl (C=O) groups excluding carboxylic acids is 2. The van der Waals surface area contributed by atoms with E-state index in [1.807, 2.05) is 6.92 Å². The van der Waals surface area contributed by atoms with E-state index in [1.165, 1.54) is 28.1 Å². The van der Waals surface area contributed by atoms with Crippen molar-refractivity contribution in [2.75, 3.05) is 14.2 Å². The predicted molar refractivity (Wildman–Crippen MR) is 105 cm³/mol. The van der Waals surface area contributed by atoms with Crippen LogP contribution in [0.25, 0.3) is 0 Å². The van der Waals surface area contributed by atoms with Crippen LogP contribution in [0.2, 0.25) is 0 Å². The zero-order valence-electron chi connectivity index (χ0n) is 17.8. The Bertz CT molecular complexity index is 827. The fourth-order valence-corrected chi connectivity index (χ4v) is 5.47. The maximum Gasteiger partial charge on any atom is 0.314 e. The van der Waals surface area contributed by atoms with Gasteiger partial charge < -0.3 is 24.1 Å². The van der Waals surface area contributed by atoms with Crippen LogP contribution < -0.4 is 9.47 Å². The third-order valence-corrected chi connectivity index (χ3v) is 6.58. The third-order valence-electron chi connectivity index (χ3n) is 6.58. The summed E-state index contributed by atoms with van der Waals surface area (Å²) in [5.41, 5.74) is -0.631. The van der Waals surface area contributed by atoms with E-state index in [4.69, 9.17) is 18.9 Å². The van der Waals surface area contributed by atoms with Crippen molar-refractivity contribution in [3.05, 3.63) is 23.8 Å². The molecule has 8 heteroatoms. The van der Waals surface area contributed by atoms with Crippen LogP contribution in [0, 0.1) is 17.3 Å². The van der Waals surface area contributed by atoms with E-state index in [2.05, 4.69) is 0 Å². The Kier molecular flexibility index (Phi) is 5.97. The van der Waals surface area contributed by atoms with Gasteiger partial charge in [-0.2, -0.15) is 0 Å². The second-order valence-electron chi connectivity index (χ2n) is 8.15. The monoisotopic (exact) mass is 420 g/mol. The van der Waals surface area contributed by atoms with E-state index in [0.29, 0.717) is 24.3 Å². The number of fused-ring (bicyclic) bond motifs is 2. The second kappa shape index (κ2) is 8.16. The molecule has 1 N–H and O–H groups in total. The van der Waals surface area contributed by atoms with Crippen molar-refractivity contribution >= 4 is 17.9 Å². The Balaban J connectivity index is 2.18. The highest BCUT2D eigenvalue weighted by atomic mass is 16.6. The molecule has 0 radical (unpaired) electrons. The van der Waals surface area contributed by atoms with Gasteiger partial charge in [0.05, 0.1) is 14.2 Å². The summed E-state index contributed by atoms with van der Waals surface area (Å²) in [6, 6.07) is 5.29. The first-order valence-corrected chi connectivity index (χ1v) is 9.95. The van der Waals surface area contributed by atoms with Crippen molar-refractivity contribution in [1.82, 2.24) is 0 Å². The molecular formula is C22H28O8. The highest BCUT2D eigenvalue weighted by molar-refractivity contribution is 5.80. The number of hydrogen-bond donors (Lipinski definition) is 1. The van der Waals surface area contributed by atoms with Crippen LogP contribution in [-0.4, -0.2) is 49.4 Å². The number of carboxylic acid groups (broad SMARTS) is 1. The second-order valence-corrected chi connectivity index (χ2v) is 8.15. The molecule has 0 heterocycles. The number of carboxylic acids is 1. The summed E-state index contributed by atoms with van der Waals surface area (Å²) in [5.74, 6) is -2.27. The number of rotatable bonds is 6. The molecule has 6 atom stereocenters. The summed E-state index contributed by atoms with van der Waals surface area (Å²) in [6.45, 7) is 4.40. The van der Waals surface area contributed by atoms with Gasteiger partial charge in [-0.25, -0.2) is 0 Å². The molecule has 0 aliphatic heterocycles. The predicted octanol–water partition coefficient (Wildman–Crippen LogP) is 2.78. The summed E-state index contributed by atoms with van der Waals surface area (Å²) >= 11 is 0. The van der Waals surface area contributed by atoms with E-state index in [0.717, 1.165) is 5.56 Å². The molecule has 6 unspecified atom stereocenters. The SMILES string of the molecule is COc1cc(OC)cc(C2CC3C(OC(C)=O)CC(C)C2(C(=O)O)C3OC(C)=O)c1. The molecule has 2 aliphatic rings. The molecule has 0 spiro atoms. The largest absolute Gasteiger partial charge is 0.497 e. The topological polar surface area (TPSA) is 108 Å². The smallest absolute Gasteiger partial charge is 0.314 e. The van der Waals surface area contributed by atoms with Gasteiger partial charge in [-0.05, 0) is 36.5 Å². The number of esters is 2. The molecule has 2 aliphatic carbocycles. The molecule has 0 amide bonds. The molecule has 8 nitrogen and oxygen atoms in total. The molecule has 3 rings (SSSR count). The van der Waals surface area contributed by atoms with Crippen molar-refractivity contribution in [2.24, 2.45) is 17.3 Å². The first-order valence-electron chi connectivity index (χ1n) is 9.95. The number of carbonyl (C=O) groups is 3. The lowest BCUT2D eigenvalue weighted by atomic mass is 9.61. The fourth-order valence-electron chi connectivity index (χ4n) is 5.47. The Morgan fingerprint density at radius 3 is 2.00 bits per heavy atom. The summed E-state index contributed by atoms with van der Waals surface area (Å²) in [6.07, 6.45) is -0.663. The average molecular weight is 420 g/mol. The zero-order chi connectivity index (χ0) is 22.2. The van der Waals surface area contributed by atoms with E-state index < -0.39 is 53.3 Å². The minimum atomic E-state index is -1.36. The lowest BCUT2D eigenvalue weighted by Gasteiger charge is -2.46. The normalized spacial score (nSPS) is 32.2. The Hall–Kier alpha value is -2.77. The lowest BCUT2D eigenvalue weighted by molar-refractivity contribution is -0.189. The van der Waals surface area contributed by atoms with Crippen molar-refractivity contribution in [3.63, 3.8) is 0 Å². The molecule has 164 valence electrons. The number of benzene rings is 1. The summed E-state index contributed by atoms with van der Waals surface area (Å²) in [5, 5.41) is 10.5. The molecule has 2 fully saturated rings. The van der Waals surface area contributed by atoms with E-state index in [9.17, 15) is 19.5 Å². The molecule has 0 aromatic heterocycles. The van der Waals surface area contributed by atoms with Crippen molar-refractivity contribution in [3.8, 4) is 11.5 Å². The summed E-state index contributed by atoms with van der Waals surface area (Å²) < 4.78 is 21.9. The van der Waals surface area contributed by atoms with Gasteiger partial charge in [0.15, 0.2) is 0 Å². The molecule has 2 saturated carbocycles. The maximum absolute atomic E-state index is 12.8. The van der Waals surface area contributed by atoms with Crippen molar-refractivity contribution < 1.29 is 38.4 Å². The van der Waals surface area contributed by atoms with Crippen LogP contribution in [0.15, 0.2) is 18.2 Å². The van der Waals surface area contributed by atoms with Crippen LogP contribution >= 0.6 is 0 Å². The van der Waals surface area contributed by atoms with Gasteiger partial charge in [0.25, 0.3) is 0 Å². The highest BCUT2D eigenvalue weighted by Crippen LogP contribution is 2.63. The van der Waals surface area contributed by atoms with Gasteiger partial charge in [-0.15, -0.1) is 0 Å². The Morgan fingerprint density at radius 1 is 0.967 bits per heavy atom. The van der Waals surface area contributed by atoms with Crippen molar-refractivity contribution in [2.45, 2.75) is 51.7 Å². The van der Waals surface area contributed by atoms with Gasteiger partial charge in [0, 0.05) is 31.7 Å². The average Bonchev–Trinajstić information content (AvgIpc) is 2.94. The van der Waals surface area contributed by atoms with Gasteiger partial charge in [-0.1, -0.05) is 6.92 Å². The maximum atomic E-state index is 12.8. The Labute approximate surface area is 175 Å². The van der Waals surface area contributed by atoms with Crippen LogP contribution in [0.3, 0.4) is 0 Å². The Morgan fingerprint density at radius 2 is 1.53 bits per heavy atom. The molecular weight excluding hydrogens is 392 g/mol. The fraction of sp³-hybridized carbons (Fsp3) is 0.591. The highest BCUT2D eigenvalue weighted by Gasteiger charge is 2.69. The van der Waals surface area contributed by atoms with Gasteiger partial charge in [-0.3, -0.25) is 14.4 Å². The van der Waals surface area contributed by atoms with Crippen molar-refractivity contribution in [1.29, 1.82) is 0 Å². The van der Waals surface area contributed by atoms with Crippen LogP contribution in [0.4, 0.5) is 0 Å². The quantitative estimate of drug-likeness (QED) is 0.700. The summed E-state index contributed by atoms with van der Waals surface area (Å²) in [7, 11) is 3.05. The third kappa shape index (κ3) is 3.48. The van der Waals surface area contributed by atoms with E-state index >= 15 is 0 Å². The van der Waals surface area contributed by atoms with Gasteiger partial charge in [0.2, 0.25) is 0 Å². The summed E-state index contributed by atoms with van der Waals surface area (Å²) in [4.78, 5) is 36.4. The van der Waals surface area contributed by atoms with Crippen LogP contribution in [0.5, 0.6) is 11.5 Å². The molecule has 0 saturated heterocycles. The standard InChI is InChI=1S/C22H28O8/c1-11-6-19(29-12(2)23)17-10-18(14-7-15(27-4)9-16(8-14)28-5)22(11,21(25)26)20(17)30-13(3)24/h7-9,11,17-20H,6,10H2,1-5H3,(H,25,26). The van der Waals surface area contributed by atoms with E-state index in [1.54, 1.807) is 18.2 Å². The number of ether oxygens (including phenoxy) is 4. The number of hydrogen-bond acceptors (Lipinski definition) is 7. The zero-order valence-corrected chi connectivity index (χ0v) is 17.8. The van der Waals surface area contributed by atoms with Crippen LogP contribution in [-0.2, 0) is 23.9 Å². The first-order chi connectivity index (χ1) is 14.1. The van der Waals surface area contributed by atoms with Crippen LogP contribution in [0.1, 0.15) is 45.1 Å².